The molecule has 6 heteroatoms. The molecule has 0 atom stereocenters. The fourth-order valence-electron chi connectivity index (χ4n) is 3.05. The highest BCUT2D eigenvalue weighted by atomic mass is 35.5. The van der Waals surface area contributed by atoms with E-state index in [9.17, 15) is 14.7 Å². The van der Waals surface area contributed by atoms with Crippen LogP contribution in [0.4, 0.5) is 0 Å². The number of aryl methyl sites for hydroxylation is 1. The number of nitrogens with zero attached hydrogens (tertiary/aromatic N) is 1. The van der Waals surface area contributed by atoms with Crippen LogP contribution in [0.25, 0.3) is 10.9 Å². The molecule has 1 heterocycles. The molecule has 0 aliphatic carbocycles. The van der Waals surface area contributed by atoms with Crippen molar-refractivity contribution < 1.29 is 14.7 Å². The number of carbonyl (C=O) groups is 2. The van der Waals surface area contributed by atoms with Crippen LogP contribution in [0.1, 0.15) is 27.2 Å². The van der Waals surface area contributed by atoms with Crippen LogP contribution in [0.5, 0.6) is 5.75 Å². The lowest BCUT2D eigenvalue weighted by Gasteiger charge is -2.08. The van der Waals surface area contributed by atoms with Crippen LogP contribution < -0.4 is 5.32 Å². The second-order valence-electron chi connectivity index (χ2n) is 6.24. The van der Waals surface area contributed by atoms with Gasteiger partial charge in [-0.1, -0.05) is 29.3 Å². The first-order chi connectivity index (χ1) is 12.3. The molecular formula is C20H19ClN2O3. The molecule has 2 N–H and O–H groups in total. The first-order valence-corrected chi connectivity index (χ1v) is 8.55. The van der Waals surface area contributed by atoms with E-state index >= 15 is 0 Å². The summed E-state index contributed by atoms with van der Waals surface area (Å²) in [6, 6.07) is 10.3. The number of hydrogen-bond acceptors (Lipinski definition) is 3. The molecule has 0 unspecified atom stereocenters. The lowest BCUT2D eigenvalue weighted by molar-refractivity contribution is -0.119. The molecular weight excluding hydrogens is 352 g/mol. The van der Waals surface area contributed by atoms with Gasteiger partial charge in [0.2, 0.25) is 5.91 Å². The van der Waals surface area contributed by atoms with Gasteiger partial charge in [0, 0.05) is 23.7 Å². The molecule has 0 aliphatic rings. The summed E-state index contributed by atoms with van der Waals surface area (Å²) in [6.45, 7) is 3.74. The Morgan fingerprint density at radius 1 is 1.15 bits per heavy atom. The van der Waals surface area contributed by atoms with E-state index in [-0.39, 0.29) is 29.0 Å². The van der Waals surface area contributed by atoms with E-state index in [0.717, 1.165) is 5.56 Å². The van der Waals surface area contributed by atoms with E-state index in [1.54, 1.807) is 36.7 Å². The number of hydrogen-bond donors (Lipinski definition) is 2. The van der Waals surface area contributed by atoms with Crippen molar-refractivity contribution in [1.82, 2.24) is 9.88 Å². The lowest BCUT2D eigenvalue weighted by Crippen LogP contribution is -2.20. The van der Waals surface area contributed by atoms with Gasteiger partial charge in [0.05, 0.1) is 17.0 Å². The minimum Gasteiger partial charge on any atom is -0.506 e. The average molecular weight is 371 g/mol. The molecule has 0 saturated heterocycles. The quantitative estimate of drug-likeness (QED) is 0.740. The third kappa shape index (κ3) is 3.06. The van der Waals surface area contributed by atoms with Crippen LogP contribution in [0.15, 0.2) is 36.4 Å². The maximum Gasteiger partial charge on any atom is 0.262 e. The highest BCUT2D eigenvalue weighted by Gasteiger charge is 2.22. The zero-order chi connectivity index (χ0) is 19.0. The number of benzene rings is 2. The van der Waals surface area contributed by atoms with E-state index in [0.29, 0.717) is 27.7 Å². The molecule has 134 valence electrons. The third-order valence-corrected chi connectivity index (χ3v) is 4.82. The minimum absolute atomic E-state index is 0.0859. The number of phenolic OH excluding ortho intramolecular Hbond substituents is 1. The van der Waals surface area contributed by atoms with Crippen LogP contribution in [-0.4, -0.2) is 28.5 Å². The van der Waals surface area contributed by atoms with E-state index in [1.165, 1.54) is 6.07 Å². The van der Waals surface area contributed by atoms with E-state index in [4.69, 9.17) is 11.6 Å². The van der Waals surface area contributed by atoms with Crippen LogP contribution in [0, 0.1) is 13.8 Å². The summed E-state index contributed by atoms with van der Waals surface area (Å²) in [7, 11) is 1.56. The molecule has 3 rings (SSSR count). The molecule has 0 radical (unpaired) electrons. The van der Waals surface area contributed by atoms with Crippen molar-refractivity contribution in [2.45, 2.75) is 20.3 Å². The fraction of sp³-hybridized carbons (Fsp3) is 0.200. The van der Waals surface area contributed by atoms with E-state index in [2.05, 4.69) is 5.32 Å². The summed E-state index contributed by atoms with van der Waals surface area (Å²) >= 11 is 6.07. The second-order valence-corrected chi connectivity index (χ2v) is 6.65. The SMILES string of the molecule is CNC(=O)Cc1c(C)n(C(=O)c2ccc(C)cc2)c2cc(Cl)c(O)cc12. The Hall–Kier alpha value is -2.79. The van der Waals surface area contributed by atoms with Crippen molar-refractivity contribution in [2.75, 3.05) is 7.05 Å². The number of fused-ring (bicyclic) bond motifs is 1. The van der Waals surface area contributed by atoms with Gasteiger partial charge in [-0.3, -0.25) is 14.2 Å². The summed E-state index contributed by atoms with van der Waals surface area (Å²) < 4.78 is 1.55. The van der Waals surface area contributed by atoms with Gasteiger partial charge >= 0.3 is 0 Å². The molecule has 0 fully saturated rings. The van der Waals surface area contributed by atoms with Crippen LogP contribution in [-0.2, 0) is 11.2 Å². The number of nitrogens with one attached hydrogen (secondary N) is 1. The largest absolute Gasteiger partial charge is 0.506 e. The zero-order valence-corrected chi connectivity index (χ0v) is 15.5. The maximum atomic E-state index is 13.1. The Morgan fingerprint density at radius 2 is 1.81 bits per heavy atom. The van der Waals surface area contributed by atoms with Gasteiger partial charge in [-0.15, -0.1) is 0 Å². The van der Waals surface area contributed by atoms with Gasteiger partial charge in [0.15, 0.2) is 0 Å². The first kappa shape index (κ1) is 18.0. The first-order valence-electron chi connectivity index (χ1n) is 8.17. The van der Waals surface area contributed by atoms with Crippen molar-refractivity contribution in [1.29, 1.82) is 0 Å². The molecule has 0 spiro atoms. The normalized spacial score (nSPS) is 10.9. The highest BCUT2D eigenvalue weighted by molar-refractivity contribution is 6.33. The number of amides is 1. The number of likely N-dealkylation sites (N-methyl/N-ethyl adjacent to an activating group) is 1. The van der Waals surface area contributed by atoms with Crippen molar-refractivity contribution in [3.8, 4) is 5.75 Å². The van der Waals surface area contributed by atoms with E-state index < -0.39 is 0 Å². The third-order valence-electron chi connectivity index (χ3n) is 4.52. The molecule has 2 aromatic carbocycles. The minimum atomic E-state index is -0.211. The smallest absolute Gasteiger partial charge is 0.262 e. The summed E-state index contributed by atoms with van der Waals surface area (Å²) in [5.41, 5.74) is 3.49. The van der Waals surface area contributed by atoms with Gasteiger partial charge in [-0.25, -0.2) is 0 Å². The van der Waals surface area contributed by atoms with Gasteiger partial charge in [-0.05, 0) is 43.7 Å². The monoisotopic (exact) mass is 370 g/mol. The number of carbonyl (C=O) groups excluding carboxylic acids is 2. The van der Waals surface area contributed by atoms with Crippen LogP contribution >= 0.6 is 11.6 Å². The molecule has 26 heavy (non-hydrogen) atoms. The van der Waals surface area contributed by atoms with Gasteiger partial charge in [0.25, 0.3) is 5.91 Å². The molecule has 0 bridgehead atoms. The van der Waals surface area contributed by atoms with Crippen molar-refractivity contribution in [3.63, 3.8) is 0 Å². The number of rotatable bonds is 3. The number of halogens is 1. The standard InChI is InChI=1S/C20H19ClN2O3/c1-11-4-6-13(7-5-11)20(26)23-12(2)14(9-19(25)22-3)15-8-18(24)16(21)10-17(15)23/h4-8,10,24H,9H2,1-3H3,(H,22,25). The molecule has 1 aromatic heterocycles. The number of phenols is 1. The Kier molecular flexibility index (Phi) is 4.74. The van der Waals surface area contributed by atoms with Crippen molar-refractivity contribution in [2.24, 2.45) is 0 Å². The Labute approximate surface area is 156 Å². The Morgan fingerprint density at radius 3 is 2.42 bits per heavy atom. The molecule has 3 aromatic rings. The second kappa shape index (κ2) is 6.84. The number of aromatic hydroxyl groups is 1. The van der Waals surface area contributed by atoms with Crippen molar-refractivity contribution >= 4 is 34.3 Å². The Bertz CT molecular complexity index is 1020. The predicted molar refractivity (Wildman–Crippen MR) is 102 cm³/mol. The average Bonchev–Trinajstić information content (AvgIpc) is 2.87. The predicted octanol–water partition coefficient (Wildman–Crippen LogP) is 3.59. The van der Waals surface area contributed by atoms with Crippen molar-refractivity contribution in [3.05, 3.63) is 63.8 Å². The molecule has 5 nitrogen and oxygen atoms in total. The molecule has 0 aliphatic heterocycles. The van der Waals surface area contributed by atoms with Gasteiger partial charge < -0.3 is 10.4 Å². The lowest BCUT2D eigenvalue weighted by atomic mass is 10.1. The maximum absolute atomic E-state index is 13.1. The summed E-state index contributed by atoms with van der Waals surface area (Å²) in [5, 5.41) is 13.4. The Balaban J connectivity index is 2.25. The van der Waals surface area contributed by atoms with Gasteiger partial charge in [-0.2, -0.15) is 0 Å². The van der Waals surface area contributed by atoms with E-state index in [1.807, 2.05) is 19.1 Å². The fourth-order valence-corrected chi connectivity index (χ4v) is 3.21. The summed E-state index contributed by atoms with van der Waals surface area (Å²) in [6.07, 6.45) is 0.105. The van der Waals surface area contributed by atoms with Gasteiger partial charge in [0.1, 0.15) is 5.75 Å². The molecule has 0 saturated carbocycles. The molecule has 1 amide bonds. The summed E-state index contributed by atoms with van der Waals surface area (Å²) in [4.78, 5) is 25.0. The number of aromatic nitrogens is 1. The topological polar surface area (TPSA) is 71.3 Å². The summed E-state index contributed by atoms with van der Waals surface area (Å²) in [5.74, 6) is -0.473. The van der Waals surface area contributed by atoms with Crippen LogP contribution in [0.3, 0.4) is 0 Å². The van der Waals surface area contributed by atoms with Crippen LogP contribution in [0.2, 0.25) is 5.02 Å². The zero-order valence-electron chi connectivity index (χ0n) is 14.8. The highest BCUT2D eigenvalue weighted by Crippen LogP contribution is 2.34.